The molecule has 2 rings (SSSR count). The quantitative estimate of drug-likeness (QED) is 0.929. The van der Waals surface area contributed by atoms with Crippen molar-refractivity contribution in [2.75, 3.05) is 13.1 Å². The number of nitrogens with two attached hydrogens (primary N) is 1. The Morgan fingerprint density at radius 2 is 1.81 bits per heavy atom. The highest BCUT2D eigenvalue weighted by Crippen LogP contribution is 2.22. The van der Waals surface area contributed by atoms with Crippen molar-refractivity contribution < 1.29 is 4.79 Å². The molecule has 0 spiro atoms. The summed E-state index contributed by atoms with van der Waals surface area (Å²) < 4.78 is 0. The van der Waals surface area contributed by atoms with Crippen molar-refractivity contribution in [3.63, 3.8) is 0 Å². The minimum Gasteiger partial charge on any atom is -0.341 e. The van der Waals surface area contributed by atoms with Gasteiger partial charge in [-0.15, -0.1) is 12.4 Å². The SMILES string of the molecule is CC(C)[C@@H](N)C(=O)N1CCC(Cc2ccccc2)CC1.Cl. The molecule has 0 bridgehead atoms. The molecule has 0 saturated carbocycles. The molecule has 3 nitrogen and oxygen atoms in total. The second-order valence-corrected chi connectivity index (χ2v) is 6.23. The molecule has 0 aliphatic carbocycles. The molecule has 0 aromatic heterocycles. The minimum absolute atomic E-state index is 0. The summed E-state index contributed by atoms with van der Waals surface area (Å²) in [6.45, 7) is 5.73. The summed E-state index contributed by atoms with van der Waals surface area (Å²) in [6, 6.07) is 10.3. The maximum Gasteiger partial charge on any atom is 0.239 e. The van der Waals surface area contributed by atoms with Gasteiger partial charge in [-0.25, -0.2) is 0 Å². The Kier molecular flexibility index (Phi) is 7.20. The van der Waals surface area contributed by atoms with E-state index in [-0.39, 0.29) is 30.3 Å². The molecule has 1 aliphatic heterocycles. The second-order valence-electron chi connectivity index (χ2n) is 6.23. The lowest BCUT2D eigenvalue weighted by molar-refractivity contribution is -0.134. The zero-order valence-corrected chi connectivity index (χ0v) is 13.8. The zero-order valence-electron chi connectivity index (χ0n) is 13.0. The van der Waals surface area contributed by atoms with E-state index < -0.39 is 0 Å². The van der Waals surface area contributed by atoms with Crippen LogP contribution >= 0.6 is 12.4 Å². The molecule has 0 unspecified atom stereocenters. The fraction of sp³-hybridized carbons (Fsp3) is 0.588. The Bertz CT molecular complexity index is 428. The first-order chi connectivity index (χ1) is 9.58. The van der Waals surface area contributed by atoms with E-state index in [4.69, 9.17) is 5.73 Å². The van der Waals surface area contributed by atoms with E-state index in [2.05, 4.69) is 30.3 Å². The number of nitrogens with zero attached hydrogens (tertiary/aromatic N) is 1. The number of carbonyl (C=O) groups excluding carboxylic acids is 1. The summed E-state index contributed by atoms with van der Waals surface area (Å²) in [5.41, 5.74) is 7.36. The van der Waals surface area contributed by atoms with E-state index in [0.29, 0.717) is 5.92 Å². The van der Waals surface area contributed by atoms with Crippen molar-refractivity contribution in [3.8, 4) is 0 Å². The van der Waals surface area contributed by atoms with Gasteiger partial charge in [0.25, 0.3) is 0 Å². The van der Waals surface area contributed by atoms with Gasteiger partial charge in [-0.05, 0) is 36.7 Å². The fourth-order valence-electron chi connectivity index (χ4n) is 2.80. The molecule has 1 aromatic carbocycles. The Labute approximate surface area is 134 Å². The van der Waals surface area contributed by atoms with Gasteiger partial charge in [0.2, 0.25) is 5.91 Å². The Balaban J connectivity index is 0.00000220. The number of halogens is 1. The topological polar surface area (TPSA) is 46.3 Å². The molecule has 4 heteroatoms. The summed E-state index contributed by atoms with van der Waals surface area (Å²) in [5.74, 6) is 1.03. The molecule has 1 fully saturated rings. The number of amides is 1. The van der Waals surface area contributed by atoms with Gasteiger partial charge < -0.3 is 10.6 Å². The van der Waals surface area contributed by atoms with Gasteiger partial charge in [-0.1, -0.05) is 44.2 Å². The van der Waals surface area contributed by atoms with Crippen molar-refractivity contribution in [1.82, 2.24) is 4.90 Å². The third-order valence-electron chi connectivity index (χ3n) is 4.30. The van der Waals surface area contributed by atoms with Gasteiger partial charge in [0, 0.05) is 13.1 Å². The average Bonchev–Trinajstić information content (AvgIpc) is 2.47. The number of hydrogen-bond acceptors (Lipinski definition) is 2. The van der Waals surface area contributed by atoms with Crippen molar-refractivity contribution in [3.05, 3.63) is 35.9 Å². The molecule has 1 aliphatic rings. The van der Waals surface area contributed by atoms with Crippen LogP contribution in [0, 0.1) is 11.8 Å². The van der Waals surface area contributed by atoms with Crippen LogP contribution in [-0.2, 0) is 11.2 Å². The maximum absolute atomic E-state index is 12.2. The normalized spacial score (nSPS) is 17.4. The number of piperidine rings is 1. The maximum atomic E-state index is 12.2. The molecule has 118 valence electrons. The molecular formula is C17H27ClN2O. The molecule has 1 heterocycles. The summed E-state index contributed by atoms with van der Waals surface area (Å²) >= 11 is 0. The molecule has 2 N–H and O–H groups in total. The second kappa shape index (κ2) is 8.40. The Morgan fingerprint density at radius 1 is 1.24 bits per heavy atom. The molecule has 1 saturated heterocycles. The molecule has 1 atom stereocenters. The third-order valence-corrected chi connectivity index (χ3v) is 4.30. The van der Waals surface area contributed by atoms with E-state index in [1.165, 1.54) is 5.56 Å². The standard InChI is InChI=1S/C17H26N2O.ClH/c1-13(2)16(18)17(20)19-10-8-15(9-11-19)12-14-6-4-3-5-7-14;/h3-7,13,15-16H,8-12,18H2,1-2H3;1H/t16-;/m1./s1. The number of rotatable bonds is 4. The molecular weight excluding hydrogens is 284 g/mol. The third kappa shape index (κ3) is 5.01. The van der Waals surface area contributed by atoms with Gasteiger partial charge >= 0.3 is 0 Å². The van der Waals surface area contributed by atoms with Crippen molar-refractivity contribution in [2.24, 2.45) is 17.6 Å². The van der Waals surface area contributed by atoms with Crippen LogP contribution in [0.4, 0.5) is 0 Å². The van der Waals surface area contributed by atoms with Crippen LogP contribution < -0.4 is 5.73 Å². The minimum atomic E-state index is -0.347. The first-order valence-corrected chi connectivity index (χ1v) is 7.66. The summed E-state index contributed by atoms with van der Waals surface area (Å²) in [4.78, 5) is 14.2. The summed E-state index contributed by atoms with van der Waals surface area (Å²) in [5, 5.41) is 0. The van der Waals surface area contributed by atoms with Crippen LogP contribution in [0.2, 0.25) is 0 Å². The van der Waals surface area contributed by atoms with Crippen LogP contribution in [0.5, 0.6) is 0 Å². The fourth-order valence-corrected chi connectivity index (χ4v) is 2.80. The Morgan fingerprint density at radius 3 is 2.33 bits per heavy atom. The largest absolute Gasteiger partial charge is 0.341 e. The average molecular weight is 311 g/mol. The lowest BCUT2D eigenvalue weighted by atomic mass is 9.89. The highest BCUT2D eigenvalue weighted by molar-refractivity contribution is 5.85. The number of carbonyl (C=O) groups is 1. The summed E-state index contributed by atoms with van der Waals surface area (Å²) in [6.07, 6.45) is 3.30. The van der Waals surface area contributed by atoms with Crippen molar-refractivity contribution in [2.45, 2.75) is 39.2 Å². The van der Waals surface area contributed by atoms with Crippen LogP contribution in [0.25, 0.3) is 0 Å². The zero-order chi connectivity index (χ0) is 14.5. The van der Waals surface area contributed by atoms with E-state index >= 15 is 0 Å². The molecule has 1 aromatic rings. The van der Waals surface area contributed by atoms with Gasteiger partial charge in [-0.2, -0.15) is 0 Å². The van der Waals surface area contributed by atoms with Crippen molar-refractivity contribution >= 4 is 18.3 Å². The van der Waals surface area contributed by atoms with Crippen LogP contribution in [0.1, 0.15) is 32.3 Å². The van der Waals surface area contributed by atoms with Gasteiger partial charge in [-0.3, -0.25) is 4.79 Å². The lowest BCUT2D eigenvalue weighted by Crippen LogP contribution is -2.49. The first kappa shape index (κ1) is 18.0. The van der Waals surface area contributed by atoms with Gasteiger partial charge in [0.15, 0.2) is 0 Å². The lowest BCUT2D eigenvalue weighted by Gasteiger charge is -2.34. The van der Waals surface area contributed by atoms with E-state index in [1.807, 2.05) is 18.7 Å². The molecule has 0 radical (unpaired) electrons. The predicted molar refractivity (Wildman–Crippen MR) is 89.5 cm³/mol. The van der Waals surface area contributed by atoms with Crippen LogP contribution in [0.3, 0.4) is 0 Å². The number of benzene rings is 1. The highest BCUT2D eigenvalue weighted by atomic mass is 35.5. The smallest absolute Gasteiger partial charge is 0.239 e. The molecule has 21 heavy (non-hydrogen) atoms. The van der Waals surface area contributed by atoms with E-state index in [9.17, 15) is 4.79 Å². The van der Waals surface area contributed by atoms with Crippen molar-refractivity contribution in [1.29, 1.82) is 0 Å². The Hall–Kier alpha value is -1.06. The number of likely N-dealkylation sites (tertiary alicyclic amines) is 1. The van der Waals surface area contributed by atoms with Gasteiger partial charge in [0.05, 0.1) is 6.04 Å². The van der Waals surface area contributed by atoms with E-state index in [0.717, 1.165) is 32.4 Å². The number of hydrogen-bond donors (Lipinski definition) is 1. The first-order valence-electron chi connectivity index (χ1n) is 7.66. The monoisotopic (exact) mass is 310 g/mol. The summed E-state index contributed by atoms with van der Waals surface area (Å²) in [7, 11) is 0. The van der Waals surface area contributed by atoms with E-state index in [1.54, 1.807) is 0 Å². The highest BCUT2D eigenvalue weighted by Gasteiger charge is 2.27. The predicted octanol–water partition coefficient (Wildman–Crippen LogP) is 2.87. The van der Waals surface area contributed by atoms with Crippen LogP contribution in [0.15, 0.2) is 30.3 Å². The molecule has 1 amide bonds. The van der Waals surface area contributed by atoms with Gasteiger partial charge in [0.1, 0.15) is 0 Å². The van der Waals surface area contributed by atoms with Crippen LogP contribution in [-0.4, -0.2) is 29.9 Å².